The number of aromatic nitrogens is 3. The Bertz CT molecular complexity index is 606. The van der Waals surface area contributed by atoms with Crippen molar-refractivity contribution in [2.24, 2.45) is 0 Å². The molecule has 0 saturated carbocycles. The molecule has 0 radical (unpaired) electrons. The van der Waals surface area contributed by atoms with Gasteiger partial charge in [-0.2, -0.15) is 5.10 Å². The van der Waals surface area contributed by atoms with Crippen molar-refractivity contribution in [3.63, 3.8) is 0 Å². The molecule has 5 nitrogen and oxygen atoms in total. The van der Waals surface area contributed by atoms with E-state index in [0.29, 0.717) is 29.4 Å². The lowest BCUT2D eigenvalue weighted by Crippen LogP contribution is -2.26. The summed E-state index contributed by atoms with van der Waals surface area (Å²) < 4.78 is 25.8. The highest BCUT2D eigenvalue weighted by Crippen LogP contribution is 2.21. The van der Waals surface area contributed by atoms with Crippen LogP contribution in [0, 0.1) is 11.6 Å². The molecular formula is C13H14F2N4OS. The Morgan fingerprint density at radius 3 is 2.86 bits per heavy atom. The molecule has 0 aliphatic rings. The molecule has 0 bridgehead atoms. The van der Waals surface area contributed by atoms with E-state index in [1.165, 1.54) is 29.1 Å². The van der Waals surface area contributed by atoms with Crippen LogP contribution in [0.1, 0.15) is 12.2 Å². The first-order valence-electron chi connectivity index (χ1n) is 6.22. The van der Waals surface area contributed by atoms with Crippen LogP contribution in [0.25, 0.3) is 0 Å². The standard InChI is InChI=1S/C13H14F2N4OS/c1-19(7-12-16-8-17-18-12)13(20)4-5-21-9-2-3-10(14)11(15)6-9/h2-3,6,8H,4-5,7H2,1H3,(H,16,17,18). The number of carbonyl (C=O) groups excluding carboxylic acids is 1. The molecule has 0 atom stereocenters. The van der Waals surface area contributed by atoms with Gasteiger partial charge in [0.25, 0.3) is 0 Å². The zero-order valence-electron chi connectivity index (χ0n) is 11.3. The zero-order chi connectivity index (χ0) is 15.2. The van der Waals surface area contributed by atoms with Crippen LogP contribution < -0.4 is 0 Å². The van der Waals surface area contributed by atoms with Crippen LogP contribution >= 0.6 is 11.8 Å². The van der Waals surface area contributed by atoms with Crippen LogP contribution in [0.4, 0.5) is 8.78 Å². The molecule has 1 aromatic heterocycles. The van der Waals surface area contributed by atoms with E-state index in [0.717, 1.165) is 12.1 Å². The fourth-order valence-electron chi connectivity index (χ4n) is 1.63. The number of hydrogen-bond donors (Lipinski definition) is 1. The highest BCUT2D eigenvalue weighted by molar-refractivity contribution is 7.99. The van der Waals surface area contributed by atoms with Gasteiger partial charge in [-0.1, -0.05) is 0 Å². The van der Waals surface area contributed by atoms with Gasteiger partial charge in [-0.05, 0) is 18.2 Å². The van der Waals surface area contributed by atoms with Gasteiger partial charge in [0.05, 0.1) is 6.54 Å². The fraction of sp³-hybridized carbons (Fsp3) is 0.308. The molecule has 1 N–H and O–H groups in total. The summed E-state index contributed by atoms with van der Waals surface area (Å²) in [6.45, 7) is 0.356. The van der Waals surface area contributed by atoms with Crippen molar-refractivity contribution in [1.82, 2.24) is 20.1 Å². The minimum atomic E-state index is -0.881. The summed E-state index contributed by atoms with van der Waals surface area (Å²) in [5.74, 6) is -0.707. The van der Waals surface area contributed by atoms with E-state index in [2.05, 4.69) is 15.2 Å². The van der Waals surface area contributed by atoms with Crippen molar-refractivity contribution in [3.05, 3.63) is 42.0 Å². The van der Waals surface area contributed by atoms with Crippen LogP contribution in [-0.4, -0.2) is 38.8 Å². The van der Waals surface area contributed by atoms with Crippen LogP contribution in [0.3, 0.4) is 0 Å². The maximum Gasteiger partial charge on any atom is 0.223 e. The topological polar surface area (TPSA) is 61.9 Å². The highest BCUT2D eigenvalue weighted by Gasteiger charge is 2.11. The van der Waals surface area contributed by atoms with Crippen LogP contribution in [-0.2, 0) is 11.3 Å². The first-order valence-corrected chi connectivity index (χ1v) is 7.21. The molecule has 0 fully saturated rings. The maximum atomic E-state index is 13.0. The van der Waals surface area contributed by atoms with E-state index in [1.807, 2.05) is 0 Å². The summed E-state index contributed by atoms with van der Waals surface area (Å²) in [7, 11) is 1.67. The molecule has 1 aromatic carbocycles. The molecule has 0 saturated heterocycles. The summed E-state index contributed by atoms with van der Waals surface area (Å²) in [5, 5.41) is 6.39. The van der Waals surface area contributed by atoms with Crippen molar-refractivity contribution < 1.29 is 13.6 Å². The zero-order valence-corrected chi connectivity index (χ0v) is 12.2. The Morgan fingerprint density at radius 1 is 1.38 bits per heavy atom. The highest BCUT2D eigenvalue weighted by atomic mass is 32.2. The quantitative estimate of drug-likeness (QED) is 0.831. The van der Waals surface area contributed by atoms with Gasteiger partial charge < -0.3 is 4.90 Å². The normalized spacial score (nSPS) is 10.6. The predicted molar refractivity (Wildman–Crippen MR) is 74.6 cm³/mol. The minimum absolute atomic E-state index is 0.0542. The molecule has 21 heavy (non-hydrogen) atoms. The number of halogens is 2. The Balaban J connectivity index is 1.77. The maximum absolute atomic E-state index is 13.0. The largest absolute Gasteiger partial charge is 0.338 e. The first-order chi connectivity index (χ1) is 10.1. The van der Waals surface area contributed by atoms with Gasteiger partial charge >= 0.3 is 0 Å². The summed E-state index contributed by atoms with van der Waals surface area (Å²) >= 11 is 1.31. The Morgan fingerprint density at radius 2 is 2.19 bits per heavy atom. The van der Waals surface area contributed by atoms with E-state index in [9.17, 15) is 13.6 Å². The van der Waals surface area contributed by atoms with E-state index in [1.54, 1.807) is 7.05 Å². The number of carbonyl (C=O) groups is 1. The second-order valence-corrected chi connectivity index (χ2v) is 5.52. The smallest absolute Gasteiger partial charge is 0.223 e. The van der Waals surface area contributed by atoms with Gasteiger partial charge in [-0.25, -0.2) is 13.8 Å². The average Bonchev–Trinajstić information content (AvgIpc) is 2.95. The number of thioether (sulfide) groups is 1. The van der Waals surface area contributed by atoms with Gasteiger partial charge in [0.2, 0.25) is 5.91 Å². The van der Waals surface area contributed by atoms with Gasteiger partial charge in [-0.15, -0.1) is 11.8 Å². The summed E-state index contributed by atoms with van der Waals surface area (Å²) in [6, 6.07) is 3.70. The number of H-pyrrole nitrogens is 1. The summed E-state index contributed by atoms with van der Waals surface area (Å²) in [6.07, 6.45) is 1.68. The van der Waals surface area contributed by atoms with Crippen molar-refractivity contribution in [1.29, 1.82) is 0 Å². The molecule has 0 aliphatic carbocycles. The van der Waals surface area contributed by atoms with Gasteiger partial charge in [0, 0.05) is 24.1 Å². The number of rotatable bonds is 6. The van der Waals surface area contributed by atoms with Crippen LogP contribution in [0.2, 0.25) is 0 Å². The lowest BCUT2D eigenvalue weighted by atomic mass is 10.3. The van der Waals surface area contributed by atoms with E-state index >= 15 is 0 Å². The Hall–Kier alpha value is -1.96. The van der Waals surface area contributed by atoms with E-state index < -0.39 is 11.6 Å². The lowest BCUT2D eigenvalue weighted by Gasteiger charge is -2.15. The number of nitrogens with one attached hydrogen (secondary N) is 1. The number of benzene rings is 1. The Labute approximate surface area is 124 Å². The van der Waals surface area contributed by atoms with Crippen molar-refractivity contribution >= 4 is 17.7 Å². The number of hydrogen-bond acceptors (Lipinski definition) is 4. The SMILES string of the molecule is CN(Cc1ncn[nH]1)C(=O)CCSc1ccc(F)c(F)c1. The van der Waals surface area contributed by atoms with E-state index in [-0.39, 0.29) is 5.91 Å². The van der Waals surface area contributed by atoms with Crippen molar-refractivity contribution in [2.45, 2.75) is 17.9 Å². The van der Waals surface area contributed by atoms with Gasteiger partial charge in [-0.3, -0.25) is 9.89 Å². The molecule has 2 rings (SSSR count). The molecule has 0 unspecified atom stereocenters. The third-order valence-electron chi connectivity index (χ3n) is 2.75. The van der Waals surface area contributed by atoms with Crippen molar-refractivity contribution in [2.75, 3.05) is 12.8 Å². The van der Waals surface area contributed by atoms with Crippen molar-refractivity contribution in [3.8, 4) is 0 Å². The number of nitrogens with zero attached hydrogens (tertiary/aromatic N) is 3. The Kier molecular flexibility index (Phi) is 5.26. The van der Waals surface area contributed by atoms with Crippen LogP contribution in [0.5, 0.6) is 0 Å². The molecular weight excluding hydrogens is 298 g/mol. The molecule has 0 spiro atoms. The van der Waals surface area contributed by atoms with Gasteiger partial charge in [0.1, 0.15) is 12.2 Å². The van der Waals surface area contributed by atoms with Crippen LogP contribution in [0.15, 0.2) is 29.4 Å². The van der Waals surface area contributed by atoms with E-state index in [4.69, 9.17) is 0 Å². The molecule has 1 amide bonds. The molecule has 8 heteroatoms. The van der Waals surface area contributed by atoms with Gasteiger partial charge in [0.15, 0.2) is 11.6 Å². The predicted octanol–water partition coefficient (Wildman–Crippen LogP) is 2.22. The number of aromatic amines is 1. The monoisotopic (exact) mass is 312 g/mol. The second kappa shape index (κ2) is 7.16. The summed E-state index contributed by atoms with van der Waals surface area (Å²) in [5.41, 5.74) is 0. The molecule has 112 valence electrons. The average molecular weight is 312 g/mol. The summed E-state index contributed by atoms with van der Waals surface area (Å²) in [4.78, 5) is 18.0. The third-order valence-corrected chi connectivity index (χ3v) is 3.75. The molecule has 0 aliphatic heterocycles. The molecule has 2 aromatic rings. The minimum Gasteiger partial charge on any atom is -0.338 e. The lowest BCUT2D eigenvalue weighted by molar-refractivity contribution is -0.130. The second-order valence-electron chi connectivity index (χ2n) is 4.36. The molecule has 1 heterocycles. The first kappa shape index (κ1) is 15.4. The fourth-order valence-corrected chi connectivity index (χ4v) is 2.50. The third kappa shape index (κ3) is 4.52. The number of amides is 1.